The Morgan fingerprint density at radius 1 is 1.18 bits per heavy atom. The van der Waals surface area contributed by atoms with Crippen LogP contribution in [0.1, 0.15) is 50.3 Å². The minimum atomic E-state index is 0.611. The minimum absolute atomic E-state index is 0.611. The summed E-state index contributed by atoms with van der Waals surface area (Å²) in [6.45, 7) is 1.06. The summed E-state index contributed by atoms with van der Waals surface area (Å²) in [5.74, 6) is 3.45. The first kappa shape index (κ1) is 11.5. The van der Waals surface area contributed by atoms with Gasteiger partial charge in [-0.05, 0) is 47.5 Å². The third-order valence-corrected chi connectivity index (χ3v) is 4.11. The highest BCUT2D eigenvalue weighted by atomic mass is 79.9. The largest absolute Gasteiger partial charge is 0.370 e. The number of hydrogen-bond acceptors (Lipinski definition) is 3. The van der Waals surface area contributed by atoms with Crippen LogP contribution in [0.3, 0.4) is 0 Å². The molecule has 2 aliphatic rings. The Kier molecular flexibility index (Phi) is 3.32. The second kappa shape index (κ2) is 4.92. The molecule has 3 nitrogen and oxygen atoms in total. The zero-order chi connectivity index (χ0) is 11.7. The molecule has 0 aliphatic heterocycles. The maximum atomic E-state index is 4.60. The zero-order valence-electron chi connectivity index (χ0n) is 9.95. The highest BCUT2D eigenvalue weighted by molar-refractivity contribution is 9.10. The Hall–Kier alpha value is -0.640. The second-order valence-corrected chi connectivity index (χ2v) is 6.05. The molecule has 1 N–H and O–H groups in total. The molecule has 17 heavy (non-hydrogen) atoms. The van der Waals surface area contributed by atoms with E-state index in [-0.39, 0.29) is 0 Å². The van der Waals surface area contributed by atoms with Crippen LogP contribution in [0.4, 0.5) is 5.82 Å². The van der Waals surface area contributed by atoms with Crippen molar-refractivity contribution in [2.75, 3.05) is 11.9 Å². The standard InChI is InChI=1S/C13H18BrN3/c14-11-7-12(15-8-9-3-1-2-4-9)17-13(16-11)10-5-6-10/h7,9-10H,1-6,8H2,(H,15,16,17). The molecule has 0 bridgehead atoms. The van der Waals surface area contributed by atoms with Crippen LogP contribution in [-0.4, -0.2) is 16.5 Å². The summed E-state index contributed by atoms with van der Waals surface area (Å²) >= 11 is 3.47. The molecular formula is C13H18BrN3. The molecule has 3 rings (SSSR count). The van der Waals surface area contributed by atoms with Gasteiger partial charge >= 0.3 is 0 Å². The predicted octanol–water partition coefficient (Wildman–Crippen LogP) is 3.72. The number of hydrogen-bond donors (Lipinski definition) is 1. The topological polar surface area (TPSA) is 37.8 Å². The van der Waals surface area contributed by atoms with Crippen LogP contribution in [0.25, 0.3) is 0 Å². The highest BCUT2D eigenvalue weighted by Gasteiger charge is 2.27. The van der Waals surface area contributed by atoms with E-state index in [2.05, 4.69) is 31.2 Å². The fourth-order valence-electron chi connectivity index (χ4n) is 2.51. The molecule has 1 aromatic heterocycles. The predicted molar refractivity (Wildman–Crippen MR) is 72.2 cm³/mol. The molecule has 0 saturated heterocycles. The lowest BCUT2D eigenvalue weighted by atomic mass is 10.1. The molecule has 2 saturated carbocycles. The van der Waals surface area contributed by atoms with E-state index in [9.17, 15) is 0 Å². The van der Waals surface area contributed by atoms with Gasteiger partial charge in [-0.1, -0.05) is 12.8 Å². The number of nitrogens with one attached hydrogen (secondary N) is 1. The van der Waals surface area contributed by atoms with Gasteiger partial charge in [0.05, 0.1) is 0 Å². The Morgan fingerprint density at radius 3 is 2.65 bits per heavy atom. The molecule has 92 valence electrons. The Bertz CT molecular complexity index is 398. The van der Waals surface area contributed by atoms with E-state index in [1.54, 1.807) is 0 Å². The van der Waals surface area contributed by atoms with Crippen molar-refractivity contribution in [1.29, 1.82) is 0 Å². The molecule has 1 aromatic rings. The van der Waals surface area contributed by atoms with E-state index in [0.29, 0.717) is 5.92 Å². The van der Waals surface area contributed by atoms with E-state index in [4.69, 9.17) is 0 Å². The molecule has 2 aliphatic carbocycles. The fraction of sp³-hybridized carbons (Fsp3) is 0.692. The summed E-state index contributed by atoms with van der Waals surface area (Å²) in [6.07, 6.45) is 8.03. The molecule has 0 amide bonds. The van der Waals surface area contributed by atoms with Crippen molar-refractivity contribution in [3.05, 3.63) is 16.5 Å². The molecule has 0 unspecified atom stereocenters. The van der Waals surface area contributed by atoms with Gasteiger partial charge in [-0.2, -0.15) is 0 Å². The van der Waals surface area contributed by atoms with Crippen LogP contribution in [-0.2, 0) is 0 Å². The number of anilines is 1. The summed E-state index contributed by atoms with van der Waals surface area (Å²) in [6, 6.07) is 1.99. The first-order valence-corrected chi connectivity index (χ1v) is 7.39. The average molecular weight is 296 g/mol. The molecule has 0 atom stereocenters. The van der Waals surface area contributed by atoms with Gasteiger partial charge in [0.15, 0.2) is 0 Å². The van der Waals surface area contributed by atoms with E-state index in [1.807, 2.05) is 6.07 Å². The molecule has 0 spiro atoms. The SMILES string of the molecule is Brc1cc(NCC2CCCC2)nc(C2CC2)n1. The van der Waals surface area contributed by atoms with Gasteiger partial charge < -0.3 is 5.32 Å². The number of rotatable bonds is 4. The molecule has 4 heteroatoms. The molecule has 1 heterocycles. The van der Waals surface area contributed by atoms with Crippen LogP contribution in [0, 0.1) is 5.92 Å². The van der Waals surface area contributed by atoms with Crippen molar-refractivity contribution in [3.63, 3.8) is 0 Å². The van der Waals surface area contributed by atoms with E-state index in [1.165, 1.54) is 38.5 Å². The Balaban J connectivity index is 1.64. The van der Waals surface area contributed by atoms with E-state index >= 15 is 0 Å². The number of nitrogens with zero attached hydrogens (tertiary/aromatic N) is 2. The maximum Gasteiger partial charge on any atom is 0.135 e. The highest BCUT2D eigenvalue weighted by Crippen LogP contribution is 2.38. The van der Waals surface area contributed by atoms with Crippen molar-refractivity contribution in [3.8, 4) is 0 Å². The molecule has 0 radical (unpaired) electrons. The van der Waals surface area contributed by atoms with Crippen LogP contribution < -0.4 is 5.32 Å². The van der Waals surface area contributed by atoms with Gasteiger partial charge in [-0.15, -0.1) is 0 Å². The fourth-order valence-corrected chi connectivity index (χ4v) is 2.91. The van der Waals surface area contributed by atoms with Gasteiger partial charge in [-0.3, -0.25) is 0 Å². The smallest absolute Gasteiger partial charge is 0.135 e. The van der Waals surface area contributed by atoms with Crippen molar-refractivity contribution in [1.82, 2.24) is 9.97 Å². The summed E-state index contributed by atoms with van der Waals surface area (Å²) < 4.78 is 0.906. The van der Waals surface area contributed by atoms with Crippen molar-refractivity contribution in [2.24, 2.45) is 5.92 Å². The molecule has 2 fully saturated rings. The minimum Gasteiger partial charge on any atom is -0.370 e. The van der Waals surface area contributed by atoms with Gasteiger partial charge in [-0.25, -0.2) is 9.97 Å². The van der Waals surface area contributed by atoms with Gasteiger partial charge in [0.2, 0.25) is 0 Å². The van der Waals surface area contributed by atoms with Crippen LogP contribution in [0.2, 0.25) is 0 Å². The lowest BCUT2D eigenvalue weighted by Gasteiger charge is -2.12. The maximum absolute atomic E-state index is 4.60. The lowest BCUT2D eigenvalue weighted by Crippen LogP contribution is -2.12. The average Bonchev–Trinajstić information content (AvgIpc) is 3.04. The first-order valence-electron chi connectivity index (χ1n) is 6.59. The van der Waals surface area contributed by atoms with Crippen LogP contribution >= 0.6 is 15.9 Å². The van der Waals surface area contributed by atoms with Crippen molar-refractivity contribution >= 4 is 21.7 Å². The molecular weight excluding hydrogens is 278 g/mol. The quantitative estimate of drug-likeness (QED) is 0.861. The third kappa shape index (κ3) is 2.97. The molecule has 0 aromatic carbocycles. The second-order valence-electron chi connectivity index (χ2n) is 5.24. The third-order valence-electron chi connectivity index (χ3n) is 3.70. The zero-order valence-corrected chi connectivity index (χ0v) is 11.5. The van der Waals surface area contributed by atoms with Crippen LogP contribution in [0.5, 0.6) is 0 Å². The number of halogens is 1. The Morgan fingerprint density at radius 2 is 1.94 bits per heavy atom. The van der Waals surface area contributed by atoms with Crippen molar-refractivity contribution in [2.45, 2.75) is 44.4 Å². The van der Waals surface area contributed by atoms with Gasteiger partial charge in [0.25, 0.3) is 0 Å². The van der Waals surface area contributed by atoms with Crippen molar-refractivity contribution < 1.29 is 0 Å². The summed E-state index contributed by atoms with van der Waals surface area (Å²) in [5, 5.41) is 3.47. The summed E-state index contributed by atoms with van der Waals surface area (Å²) in [4.78, 5) is 9.05. The summed E-state index contributed by atoms with van der Waals surface area (Å²) in [5.41, 5.74) is 0. The van der Waals surface area contributed by atoms with Gasteiger partial charge in [0, 0.05) is 18.5 Å². The van der Waals surface area contributed by atoms with E-state index in [0.717, 1.165) is 28.7 Å². The Labute approximate surface area is 111 Å². The lowest BCUT2D eigenvalue weighted by molar-refractivity contribution is 0.578. The monoisotopic (exact) mass is 295 g/mol. The van der Waals surface area contributed by atoms with E-state index < -0.39 is 0 Å². The van der Waals surface area contributed by atoms with Gasteiger partial charge in [0.1, 0.15) is 16.2 Å². The number of aromatic nitrogens is 2. The first-order chi connectivity index (χ1) is 8.31. The normalized spacial score (nSPS) is 20.8. The van der Waals surface area contributed by atoms with Crippen LogP contribution in [0.15, 0.2) is 10.7 Å². The summed E-state index contributed by atoms with van der Waals surface area (Å²) in [7, 11) is 0.